The number of benzene rings is 2. The molecule has 0 aromatic heterocycles. The Bertz CT molecular complexity index is 611. The molecular formula is C15H14FNO3. The third-order valence-corrected chi connectivity index (χ3v) is 2.87. The minimum atomic E-state index is -1.17. The summed E-state index contributed by atoms with van der Waals surface area (Å²) in [5.74, 6) is -1.02. The largest absolute Gasteiger partial charge is 0.497 e. The summed E-state index contributed by atoms with van der Waals surface area (Å²) in [6, 6.07) is 11.2. The van der Waals surface area contributed by atoms with Crippen LogP contribution in [-0.2, 0) is 6.54 Å². The summed E-state index contributed by atoms with van der Waals surface area (Å²) in [6.07, 6.45) is 0. The van der Waals surface area contributed by atoms with Crippen LogP contribution in [0.3, 0.4) is 0 Å². The van der Waals surface area contributed by atoms with Gasteiger partial charge in [-0.25, -0.2) is 9.18 Å². The number of carboxylic acids is 1. The van der Waals surface area contributed by atoms with E-state index in [0.29, 0.717) is 6.54 Å². The van der Waals surface area contributed by atoms with Gasteiger partial charge in [-0.1, -0.05) is 18.2 Å². The van der Waals surface area contributed by atoms with Crippen LogP contribution in [0, 0.1) is 5.82 Å². The summed E-state index contributed by atoms with van der Waals surface area (Å²) in [6.45, 7) is 0.325. The molecule has 20 heavy (non-hydrogen) atoms. The van der Waals surface area contributed by atoms with E-state index in [4.69, 9.17) is 9.84 Å². The fourth-order valence-electron chi connectivity index (χ4n) is 1.82. The summed E-state index contributed by atoms with van der Waals surface area (Å²) in [5.41, 5.74) is 0.805. The Balaban J connectivity index is 2.16. The van der Waals surface area contributed by atoms with Gasteiger partial charge < -0.3 is 15.2 Å². The SMILES string of the molecule is COc1ccc(CNc2c(F)cccc2C(=O)O)cc1. The van der Waals surface area contributed by atoms with Crippen LogP contribution in [-0.4, -0.2) is 18.2 Å². The number of hydrogen-bond acceptors (Lipinski definition) is 3. The molecule has 2 aromatic rings. The molecule has 104 valence electrons. The van der Waals surface area contributed by atoms with Crippen molar-refractivity contribution in [3.05, 3.63) is 59.4 Å². The second-order valence-corrected chi connectivity index (χ2v) is 4.17. The minimum absolute atomic E-state index is 0.00387. The van der Waals surface area contributed by atoms with Crippen molar-refractivity contribution in [2.75, 3.05) is 12.4 Å². The third kappa shape index (κ3) is 3.06. The first-order valence-electron chi connectivity index (χ1n) is 6.00. The van der Waals surface area contributed by atoms with Crippen LogP contribution in [0.2, 0.25) is 0 Å². The molecule has 0 aliphatic carbocycles. The van der Waals surface area contributed by atoms with Gasteiger partial charge in [0.05, 0.1) is 18.4 Å². The lowest BCUT2D eigenvalue weighted by atomic mass is 10.1. The van der Waals surface area contributed by atoms with Crippen LogP contribution in [0.4, 0.5) is 10.1 Å². The molecule has 2 aromatic carbocycles. The highest BCUT2D eigenvalue weighted by Gasteiger charge is 2.13. The number of anilines is 1. The lowest BCUT2D eigenvalue weighted by Crippen LogP contribution is -2.08. The average Bonchev–Trinajstić information content (AvgIpc) is 2.46. The second kappa shape index (κ2) is 6.06. The van der Waals surface area contributed by atoms with E-state index in [2.05, 4.69) is 5.32 Å². The van der Waals surface area contributed by atoms with Crippen molar-refractivity contribution >= 4 is 11.7 Å². The number of aromatic carboxylic acids is 1. The van der Waals surface area contributed by atoms with Gasteiger partial charge in [0.2, 0.25) is 0 Å². The van der Waals surface area contributed by atoms with E-state index in [1.54, 1.807) is 19.2 Å². The van der Waals surface area contributed by atoms with Gasteiger partial charge in [0.15, 0.2) is 0 Å². The fraction of sp³-hybridized carbons (Fsp3) is 0.133. The van der Waals surface area contributed by atoms with Gasteiger partial charge in [0.25, 0.3) is 0 Å². The maximum absolute atomic E-state index is 13.7. The number of halogens is 1. The Hall–Kier alpha value is -2.56. The van der Waals surface area contributed by atoms with Gasteiger partial charge in [-0.05, 0) is 29.8 Å². The summed E-state index contributed by atoms with van der Waals surface area (Å²) in [5, 5.41) is 11.9. The van der Waals surface area contributed by atoms with Crippen molar-refractivity contribution in [1.29, 1.82) is 0 Å². The van der Waals surface area contributed by atoms with Crippen molar-refractivity contribution in [1.82, 2.24) is 0 Å². The normalized spacial score (nSPS) is 10.1. The van der Waals surface area contributed by atoms with Gasteiger partial charge in [-0.15, -0.1) is 0 Å². The Morgan fingerprint density at radius 2 is 1.95 bits per heavy atom. The highest BCUT2D eigenvalue weighted by Crippen LogP contribution is 2.21. The molecule has 0 saturated carbocycles. The molecule has 0 radical (unpaired) electrons. The van der Waals surface area contributed by atoms with Gasteiger partial charge in [-0.3, -0.25) is 0 Å². The molecule has 5 heteroatoms. The number of para-hydroxylation sites is 1. The molecule has 0 aliphatic heterocycles. The molecule has 0 saturated heterocycles. The van der Waals surface area contributed by atoms with Crippen LogP contribution >= 0.6 is 0 Å². The Labute approximate surface area is 115 Å². The number of hydrogen-bond donors (Lipinski definition) is 2. The van der Waals surface area contributed by atoms with Crippen LogP contribution in [0.15, 0.2) is 42.5 Å². The average molecular weight is 275 g/mol. The van der Waals surface area contributed by atoms with Crippen LogP contribution in [0.5, 0.6) is 5.75 Å². The van der Waals surface area contributed by atoms with E-state index < -0.39 is 11.8 Å². The van der Waals surface area contributed by atoms with Crippen LogP contribution in [0.1, 0.15) is 15.9 Å². The maximum Gasteiger partial charge on any atom is 0.337 e. The lowest BCUT2D eigenvalue weighted by Gasteiger charge is -2.11. The molecule has 0 unspecified atom stereocenters. The monoisotopic (exact) mass is 275 g/mol. The van der Waals surface area contributed by atoms with Gasteiger partial charge in [0.1, 0.15) is 11.6 Å². The number of rotatable bonds is 5. The van der Waals surface area contributed by atoms with Crippen LogP contribution < -0.4 is 10.1 Å². The van der Waals surface area contributed by atoms with Crippen molar-refractivity contribution in [2.24, 2.45) is 0 Å². The molecule has 0 atom stereocenters. The van der Waals surface area contributed by atoms with Crippen molar-refractivity contribution in [3.8, 4) is 5.75 Å². The molecule has 0 amide bonds. The predicted molar refractivity (Wildman–Crippen MR) is 73.7 cm³/mol. The predicted octanol–water partition coefficient (Wildman–Crippen LogP) is 3.14. The molecule has 0 spiro atoms. The zero-order valence-electron chi connectivity index (χ0n) is 10.9. The van der Waals surface area contributed by atoms with Crippen molar-refractivity contribution in [3.63, 3.8) is 0 Å². The molecule has 0 fully saturated rings. The number of carboxylic acid groups (broad SMARTS) is 1. The van der Waals surface area contributed by atoms with Gasteiger partial charge in [-0.2, -0.15) is 0 Å². The van der Waals surface area contributed by atoms with E-state index in [0.717, 1.165) is 11.3 Å². The highest BCUT2D eigenvalue weighted by molar-refractivity contribution is 5.94. The molecule has 2 N–H and O–H groups in total. The first kappa shape index (κ1) is 13.9. The molecule has 0 heterocycles. The number of ether oxygens (including phenoxy) is 1. The van der Waals surface area contributed by atoms with E-state index in [1.165, 1.54) is 18.2 Å². The third-order valence-electron chi connectivity index (χ3n) is 2.87. The minimum Gasteiger partial charge on any atom is -0.497 e. The summed E-state index contributed by atoms with van der Waals surface area (Å²) in [7, 11) is 1.58. The van der Waals surface area contributed by atoms with Crippen molar-refractivity contribution < 1.29 is 19.0 Å². The van der Waals surface area contributed by atoms with E-state index >= 15 is 0 Å². The smallest absolute Gasteiger partial charge is 0.337 e. The standard InChI is InChI=1S/C15H14FNO3/c1-20-11-7-5-10(6-8-11)9-17-14-12(15(18)19)3-2-4-13(14)16/h2-8,17H,9H2,1H3,(H,18,19). The molecular weight excluding hydrogens is 261 g/mol. The molecule has 4 nitrogen and oxygen atoms in total. The molecule has 2 rings (SSSR count). The van der Waals surface area contributed by atoms with Gasteiger partial charge in [0, 0.05) is 6.54 Å². The number of methoxy groups -OCH3 is 1. The maximum atomic E-state index is 13.7. The summed E-state index contributed by atoms with van der Waals surface area (Å²) < 4.78 is 18.7. The van der Waals surface area contributed by atoms with E-state index in [1.807, 2.05) is 12.1 Å². The summed E-state index contributed by atoms with van der Waals surface area (Å²) in [4.78, 5) is 11.0. The van der Waals surface area contributed by atoms with Crippen LogP contribution in [0.25, 0.3) is 0 Å². The van der Waals surface area contributed by atoms with E-state index in [-0.39, 0.29) is 11.3 Å². The fourth-order valence-corrected chi connectivity index (χ4v) is 1.82. The Morgan fingerprint density at radius 1 is 1.25 bits per heavy atom. The highest BCUT2D eigenvalue weighted by atomic mass is 19.1. The first-order valence-corrected chi connectivity index (χ1v) is 6.00. The number of carbonyl (C=O) groups is 1. The van der Waals surface area contributed by atoms with Gasteiger partial charge >= 0.3 is 5.97 Å². The first-order chi connectivity index (χ1) is 9.61. The second-order valence-electron chi connectivity index (χ2n) is 4.17. The molecule has 0 bridgehead atoms. The summed E-state index contributed by atoms with van der Waals surface area (Å²) >= 11 is 0. The zero-order chi connectivity index (χ0) is 14.5. The Morgan fingerprint density at radius 3 is 2.55 bits per heavy atom. The van der Waals surface area contributed by atoms with E-state index in [9.17, 15) is 9.18 Å². The zero-order valence-corrected chi connectivity index (χ0v) is 10.9. The topological polar surface area (TPSA) is 58.6 Å². The lowest BCUT2D eigenvalue weighted by molar-refractivity contribution is 0.0697. The molecule has 0 aliphatic rings. The quantitative estimate of drug-likeness (QED) is 0.880. The Kier molecular flexibility index (Phi) is 4.20. The number of nitrogens with one attached hydrogen (secondary N) is 1. The van der Waals surface area contributed by atoms with Crippen molar-refractivity contribution in [2.45, 2.75) is 6.54 Å².